The zero-order valence-corrected chi connectivity index (χ0v) is 11.7. The van der Waals surface area contributed by atoms with E-state index in [0.29, 0.717) is 0 Å². The molecule has 1 fully saturated rings. The molecule has 0 unspecified atom stereocenters. The van der Waals surface area contributed by atoms with Gasteiger partial charge in [0.1, 0.15) is 0 Å². The van der Waals surface area contributed by atoms with Gasteiger partial charge in [0.25, 0.3) is 0 Å². The van der Waals surface area contributed by atoms with Gasteiger partial charge in [0.2, 0.25) is 0 Å². The molecule has 2 rings (SSSR count). The van der Waals surface area contributed by atoms with Gasteiger partial charge >= 0.3 is 0 Å². The average molecular weight is 235 g/mol. The molecule has 17 heavy (non-hydrogen) atoms. The highest BCUT2D eigenvalue weighted by molar-refractivity contribution is 5.69. The van der Waals surface area contributed by atoms with Crippen LogP contribution in [0.15, 0.2) is 12.3 Å². The van der Waals surface area contributed by atoms with Gasteiger partial charge < -0.3 is 10.2 Å². The average Bonchev–Trinajstić information content (AvgIpc) is 2.78. The fraction of sp³-hybridized carbons (Fsp3) is 0.643. The van der Waals surface area contributed by atoms with Crippen molar-refractivity contribution in [1.82, 2.24) is 4.98 Å². The predicted octanol–water partition coefficient (Wildman–Crippen LogP) is 3.30. The van der Waals surface area contributed by atoms with Gasteiger partial charge in [-0.1, -0.05) is 20.8 Å². The first-order chi connectivity index (χ1) is 8.22. The van der Waals surface area contributed by atoms with Crippen LogP contribution in [0, 0.1) is 12.8 Å². The first kappa shape index (κ1) is 13.8. The number of aromatic nitrogens is 1. The Labute approximate surface area is 105 Å². The molecule has 1 aromatic heterocycles. The molecular weight excluding hydrogens is 210 g/mol. The van der Waals surface area contributed by atoms with Crippen molar-refractivity contribution >= 4 is 11.5 Å². The molecule has 0 aliphatic carbocycles. The van der Waals surface area contributed by atoms with E-state index >= 15 is 0 Å². The summed E-state index contributed by atoms with van der Waals surface area (Å²) in [6.07, 6.45) is 3.17. The van der Waals surface area contributed by atoms with Crippen LogP contribution in [0.3, 0.4) is 0 Å². The van der Waals surface area contributed by atoms with Gasteiger partial charge in [0, 0.05) is 26.3 Å². The number of aryl methyl sites for hydroxylation is 1. The van der Waals surface area contributed by atoms with E-state index in [4.69, 9.17) is 0 Å². The van der Waals surface area contributed by atoms with Crippen molar-refractivity contribution < 1.29 is 0 Å². The molecular formula is C14H25N3. The van der Waals surface area contributed by atoms with Gasteiger partial charge in [-0.3, -0.25) is 0 Å². The highest BCUT2D eigenvalue weighted by atomic mass is 15.2. The smallest absolute Gasteiger partial charge is 0.152 e. The molecule has 1 saturated heterocycles. The second-order valence-corrected chi connectivity index (χ2v) is 4.42. The molecule has 0 spiro atoms. The summed E-state index contributed by atoms with van der Waals surface area (Å²) in [5.41, 5.74) is 2.44. The molecule has 0 bridgehead atoms. The van der Waals surface area contributed by atoms with Crippen molar-refractivity contribution in [1.29, 1.82) is 0 Å². The molecule has 0 amide bonds. The Morgan fingerprint density at radius 2 is 2.12 bits per heavy atom. The van der Waals surface area contributed by atoms with Crippen molar-refractivity contribution in [2.45, 2.75) is 34.1 Å². The minimum absolute atomic E-state index is 0.789. The lowest BCUT2D eigenvalue weighted by Gasteiger charge is -2.21. The minimum Gasteiger partial charge on any atom is -0.385 e. The van der Waals surface area contributed by atoms with E-state index in [1.807, 2.05) is 27.1 Å². The number of nitrogens with one attached hydrogen (secondary N) is 1. The zero-order chi connectivity index (χ0) is 12.8. The minimum atomic E-state index is 0.789. The first-order valence-electron chi connectivity index (χ1n) is 6.60. The quantitative estimate of drug-likeness (QED) is 0.852. The van der Waals surface area contributed by atoms with Gasteiger partial charge in [-0.05, 0) is 30.9 Å². The third-order valence-corrected chi connectivity index (χ3v) is 3.11. The molecule has 0 radical (unpaired) electrons. The number of pyridine rings is 1. The van der Waals surface area contributed by atoms with E-state index in [9.17, 15) is 0 Å². The summed E-state index contributed by atoms with van der Waals surface area (Å²) in [6, 6.07) is 2.05. The van der Waals surface area contributed by atoms with Crippen LogP contribution < -0.4 is 10.2 Å². The molecule has 1 aromatic rings. The van der Waals surface area contributed by atoms with Crippen molar-refractivity contribution in [3.63, 3.8) is 0 Å². The third-order valence-electron chi connectivity index (χ3n) is 3.11. The number of nitrogens with zero attached hydrogens (tertiary/aromatic N) is 2. The largest absolute Gasteiger partial charge is 0.385 e. The molecule has 1 aliphatic heterocycles. The highest BCUT2D eigenvalue weighted by Crippen LogP contribution is 2.30. The zero-order valence-electron chi connectivity index (χ0n) is 11.7. The second kappa shape index (κ2) is 6.48. The van der Waals surface area contributed by atoms with Crippen LogP contribution in [0.2, 0.25) is 0 Å². The van der Waals surface area contributed by atoms with Crippen LogP contribution in [0.5, 0.6) is 0 Å². The van der Waals surface area contributed by atoms with E-state index < -0.39 is 0 Å². The Hall–Kier alpha value is -1.25. The van der Waals surface area contributed by atoms with Crippen molar-refractivity contribution in [2.75, 3.05) is 30.4 Å². The van der Waals surface area contributed by atoms with Crippen LogP contribution in [-0.2, 0) is 0 Å². The Morgan fingerprint density at radius 1 is 1.41 bits per heavy atom. The van der Waals surface area contributed by atoms with Crippen LogP contribution in [-0.4, -0.2) is 25.1 Å². The summed E-state index contributed by atoms with van der Waals surface area (Å²) in [5.74, 6) is 1.90. The van der Waals surface area contributed by atoms with Gasteiger partial charge in [0.05, 0.1) is 5.69 Å². The standard InChI is InChI=1S/C12H19N3.C2H6/c1-9-5-7-15(8-9)12-11(13-3)10(2)4-6-14-12;1-2/h4,6,9,13H,5,7-8H2,1-3H3;1-2H3/t9-;/m1./s1. The fourth-order valence-corrected chi connectivity index (χ4v) is 2.22. The van der Waals surface area contributed by atoms with Crippen LogP contribution >= 0.6 is 0 Å². The molecule has 1 aliphatic rings. The lowest BCUT2D eigenvalue weighted by atomic mass is 10.2. The Balaban J connectivity index is 0.000000686. The van der Waals surface area contributed by atoms with Crippen LogP contribution in [0.4, 0.5) is 11.5 Å². The molecule has 3 nitrogen and oxygen atoms in total. The van der Waals surface area contributed by atoms with Gasteiger partial charge in [0.15, 0.2) is 5.82 Å². The van der Waals surface area contributed by atoms with Crippen molar-refractivity contribution in [2.24, 2.45) is 5.92 Å². The van der Waals surface area contributed by atoms with E-state index in [-0.39, 0.29) is 0 Å². The van der Waals surface area contributed by atoms with Gasteiger partial charge in [-0.2, -0.15) is 0 Å². The summed E-state index contributed by atoms with van der Waals surface area (Å²) >= 11 is 0. The Bertz CT molecular complexity index is 349. The number of hydrogen-bond acceptors (Lipinski definition) is 3. The molecule has 1 atom stereocenters. The maximum absolute atomic E-state index is 4.49. The lowest BCUT2D eigenvalue weighted by molar-refractivity contribution is 0.659. The molecule has 3 heteroatoms. The summed E-state index contributed by atoms with van der Waals surface area (Å²) in [5, 5.41) is 3.25. The maximum Gasteiger partial charge on any atom is 0.152 e. The van der Waals surface area contributed by atoms with Crippen LogP contribution in [0.25, 0.3) is 0 Å². The van der Waals surface area contributed by atoms with Crippen LogP contribution in [0.1, 0.15) is 32.8 Å². The molecule has 1 N–H and O–H groups in total. The predicted molar refractivity (Wildman–Crippen MR) is 75.9 cm³/mol. The summed E-state index contributed by atoms with van der Waals surface area (Å²) < 4.78 is 0. The summed E-state index contributed by atoms with van der Waals surface area (Å²) in [4.78, 5) is 6.87. The lowest BCUT2D eigenvalue weighted by Crippen LogP contribution is -2.21. The highest BCUT2D eigenvalue weighted by Gasteiger charge is 2.22. The van der Waals surface area contributed by atoms with Crippen molar-refractivity contribution in [3.05, 3.63) is 17.8 Å². The number of rotatable bonds is 2. The van der Waals surface area contributed by atoms with Gasteiger partial charge in [-0.25, -0.2) is 4.98 Å². The number of hydrogen-bond donors (Lipinski definition) is 1. The third kappa shape index (κ3) is 3.11. The van der Waals surface area contributed by atoms with E-state index in [0.717, 1.165) is 24.8 Å². The van der Waals surface area contributed by atoms with Crippen molar-refractivity contribution in [3.8, 4) is 0 Å². The number of anilines is 2. The first-order valence-corrected chi connectivity index (χ1v) is 6.60. The summed E-state index contributed by atoms with van der Waals surface area (Å²) in [6.45, 7) is 10.7. The monoisotopic (exact) mass is 235 g/mol. The van der Waals surface area contributed by atoms with E-state index in [2.05, 4.69) is 35.1 Å². The van der Waals surface area contributed by atoms with Gasteiger partial charge in [-0.15, -0.1) is 0 Å². The summed E-state index contributed by atoms with van der Waals surface area (Å²) in [7, 11) is 1.97. The topological polar surface area (TPSA) is 28.2 Å². The normalized spacial score (nSPS) is 18.6. The molecule has 2 heterocycles. The van der Waals surface area contributed by atoms with E-state index in [1.165, 1.54) is 17.7 Å². The van der Waals surface area contributed by atoms with E-state index in [1.54, 1.807) is 0 Å². The Kier molecular flexibility index (Phi) is 5.26. The molecule has 96 valence electrons. The Morgan fingerprint density at radius 3 is 2.65 bits per heavy atom. The second-order valence-electron chi connectivity index (χ2n) is 4.42. The maximum atomic E-state index is 4.49. The molecule has 0 saturated carbocycles. The fourth-order valence-electron chi connectivity index (χ4n) is 2.22. The SMILES string of the molecule is CC.CNc1c(C)ccnc1N1CC[C@@H](C)C1. The molecule has 0 aromatic carbocycles.